The molecule has 2 aromatic carbocycles. The Morgan fingerprint density at radius 1 is 1.24 bits per heavy atom. The molecule has 0 saturated carbocycles. The minimum atomic E-state index is -0.240. The highest BCUT2D eigenvalue weighted by Crippen LogP contribution is 2.21. The lowest BCUT2D eigenvalue weighted by Crippen LogP contribution is -2.38. The second-order valence-electron chi connectivity index (χ2n) is 6.15. The number of nitrogens with one attached hydrogen (secondary N) is 1. The monoisotopic (exact) mass is 342 g/mol. The molecule has 2 N–H and O–H groups in total. The number of nitrogens with zero attached hydrogens (tertiary/aromatic N) is 1. The number of ether oxygens (including phenoxy) is 1. The van der Waals surface area contributed by atoms with Gasteiger partial charge >= 0.3 is 0 Å². The Morgan fingerprint density at radius 2 is 1.96 bits per heavy atom. The number of methoxy groups -OCH3 is 1. The topological polar surface area (TPSA) is 61.8 Å². The molecular weight excluding hydrogens is 316 g/mol. The van der Waals surface area contributed by atoms with Gasteiger partial charge in [0.2, 0.25) is 5.91 Å². The van der Waals surface area contributed by atoms with Gasteiger partial charge in [-0.2, -0.15) is 0 Å². The van der Waals surface area contributed by atoms with Crippen molar-refractivity contribution in [2.75, 3.05) is 27.3 Å². The van der Waals surface area contributed by atoms with Crippen molar-refractivity contribution in [2.24, 2.45) is 0 Å². The lowest BCUT2D eigenvalue weighted by atomic mass is 10.1. The van der Waals surface area contributed by atoms with E-state index in [0.717, 1.165) is 16.9 Å². The summed E-state index contributed by atoms with van der Waals surface area (Å²) in [7, 11) is 3.45. The van der Waals surface area contributed by atoms with Gasteiger partial charge in [0.05, 0.1) is 26.3 Å². The average Bonchev–Trinajstić information content (AvgIpc) is 2.61. The third-order valence-electron chi connectivity index (χ3n) is 4.17. The van der Waals surface area contributed by atoms with Crippen LogP contribution in [0.1, 0.15) is 22.7 Å². The van der Waals surface area contributed by atoms with E-state index >= 15 is 0 Å². The molecule has 5 nitrogen and oxygen atoms in total. The Bertz CT molecular complexity index is 686. The fourth-order valence-electron chi connectivity index (χ4n) is 2.74. The molecule has 0 aromatic heterocycles. The van der Waals surface area contributed by atoms with Crippen molar-refractivity contribution in [3.63, 3.8) is 0 Å². The normalized spacial score (nSPS) is 12.0. The zero-order valence-electron chi connectivity index (χ0n) is 15.0. The molecule has 1 amide bonds. The third kappa shape index (κ3) is 5.59. The van der Waals surface area contributed by atoms with Crippen molar-refractivity contribution in [2.45, 2.75) is 19.5 Å². The van der Waals surface area contributed by atoms with Gasteiger partial charge in [0.1, 0.15) is 5.75 Å². The number of aliphatic hydroxyl groups excluding tert-OH is 1. The first-order valence-corrected chi connectivity index (χ1v) is 8.30. The van der Waals surface area contributed by atoms with E-state index < -0.39 is 0 Å². The minimum Gasteiger partial charge on any atom is -0.497 e. The second kappa shape index (κ2) is 9.20. The SMILES string of the molecule is COc1ccc(C(CO)N(C)CC(=O)NCc2cccc(C)c2)cc1. The maximum absolute atomic E-state index is 12.2. The second-order valence-corrected chi connectivity index (χ2v) is 6.15. The van der Waals surface area contributed by atoms with Gasteiger partial charge in [-0.1, -0.05) is 42.0 Å². The molecule has 25 heavy (non-hydrogen) atoms. The maximum Gasteiger partial charge on any atom is 0.234 e. The zero-order valence-corrected chi connectivity index (χ0v) is 15.0. The molecule has 0 heterocycles. The fourth-order valence-corrected chi connectivity index (χ4v) is 2.74. The van der Waals surface area contributed by atoms with Gasteiger partial charge in [-0.05, 0) is 37.2 Å². The van der Waals surface area contributed by atoms with Gasteiger partial charge in [-0.3, -0.25) is 9.69 Å². The molecule has 1 atom stereocenters. The summed E-state index contributed by atoms with van der Waals surface area (Å²) in [5.74, 6) is 0.690. The number of aliphatic hydroxyl groups is 1. The number of hydrogen-bond acceptors (Lipinski definition) is 4. The smallest absolute Gasteiger partial charge is 0.234 e. The molecule has 5 heteroatoms. The first-order valence-electron chi connectivity index (χ1n) is 8.30. The van der Waals surface area contributed by atoms with Crippen LogP contribution in [0.15, 0.2) is 48.5 Å². The summed E-state index contributed by atoms with van der Waals surface area (Å²) in [6.07, 6.45) is 0. The van der Waals surface area contributed by atoms with Crippen molar-refractivity contribution < 1.29 is 14.6 Å². The Morgan fingerprint density at radius 3 is 2.56 bits per heavy atom. The van der Waals surface area contributed by atoms with Crippen LogP contribution in [0.2, 0.25) is 0 Å². The van der Waals surface area contributed by atoms with Gasteiger partial charge in [-0.15, -0.1) is 0 Å². The summed E-state index contributed by atoms with van der Waals surface area (Å²) < 4.78 is 5.15. The molecular formula is C20H26N2O3. The van der Waals surface area contributed by atoms with Crippen LogP contribution in [0.5, 0.6) is 5.75 Å². The largest absolute Gasteiger partial charge is 0.497 e. The molecule has 0 radical (unpaired) electrons. The lowest BCUT2D eigenvalue weighted by Gasteiger charge is -2.26. The summed E-state index contributed by atoms with van der Waals surface area (Å²) in [5.41, 5.74) is 3.19. The van der Waals surface area contributed by atoms with E-state index in [9.17, 15) is 9.90 Å². The average molecular weight is 342 g/mol. The number of rotatable bonds is 8. The molecule has 0 spiro atoms. The number of aryl methyl sites for hydroxylation is 1. The molecule has 0 aliphatic rings. The number of amides is 1. The summed E-state index contributed by atoms with van der Waals surface area (Å²) in [6, 6.07) is 15.3. The number of hydrogen-bond donors (Lipinski definition) is 2. The van der Waals surface area contributed by atoms with Gasteiger partial charge < -0.3 is 15.2 Å². The molecule has 1 unspecified atom stereocenters. The van der Waals surface area contributed by atoms with Crippen LogP contribution in [-0.2, 0) is 11.3 Å². The maximum atomic E-state index is 12.2. The summed E-state index contributed by atoms with van der Waals surface area (Å²) >= 11 is 0. The molecule has 0 bridgehead atoms. The van der Waals surface area contributed by atoms with Gasteiger partial charge in [0.15, 0.2) is 0 Å². The summed E-state index contributed by atoms with van der Waals surface area (Å²) in [4.78, 5) is 14.1. The van der Waals surface area contributed by atoms with E-state index in [0.29, 0.717) is 6.54 Å². The number of likely N-dealkylation sites (N-methyl/N-ethyl adjacent to an activating group) is 1. The van der Waals surface area contributed by atoms with Crippen LogP contribution in [0.25, 0.3) is 0 Å². The molecule has 134 valence electrons. The first kappa shape index (κ1) is 19.0. The molecule has 0 aliphatic heterocycles. The van der Waals surface area contributed by atoms with Gasteiger partial charge in [-0.25, -0.2) is 0 Å². The molecule has 2 aromatic rings. The van der Waals surface area contributed by atoms with E-state index in [1.165, 1.54) is 5.56 Å². The Labute approximate surface area is 149 Å². The molecule has 0 saturated heterocycles. The van der Waals surface area contributed by atoms with E-state index in [1.54, 1.807) is 7.11 Å². The number of benzene rings is 2. The van der Waals surface area contributed by atoms with Crippen molar-refractivity contribution in [3.05, 3.63) is 65.2 Å². The summed E-state index contributed by atoms with van der Waals surface area (Å²) in [6.45, 7) is 2.68. The predicted octanol–water partition coefficient (Wildman–Crippen LogP) is 2.29. The highest BCUT2D eigenvalue weighted by molar-refractivity contribution is 5.78. The Hall–Kier alpha value is -2.37. The Kier molecular flexibility index (Phi) is 6.98. The van der Waals surface area contributed by atoms with Crippen LogP contribution >= 0.6 is 0 Å². The molecule has 0 aliphatic carbocycles. The van der Waals surface area contributed by atoms with Gasteiger partial charge in [0.25, 0.3) is 0 Å². The van der Waals surface area contributed by atoms with Crippen LogP contribution in [0.4, 0.5) is 0 Å². The third-order valence-corrected chi connectivity index (χ3v) is 4.17. The van der Waals surface area contributed by atoms with Crippen LogP contribution in [-0.4, -0.2) is 43.2 Å². The number of carbonyl (C=O) groups excluding carboxylic acids is 1. The van der Waals surface area contributed by atoms with E-state index in [4.69, 9.17) is 4.74 Å². The number of carbonyl (C=O) groups is 1. The van der Waals surface area contributed by atoms with E-state index in [1.807, 2.05) is 61.3 Å². The van der Waals surface area contributed by atoms with Crippen LogP contribution < -0.4 is 10.1 Å². The van der Waals surface area contributed by atoms with Crippen molar-refractivity contribution in [3.8, 4) is 5.75 Å². The van der Waals surface area contributed by atoms with Gasteiger partial charge in [0, 0.05) is 6.54 Å². The highest BCUT2D eigenvalue weighted by atomic mass is 16.5. The molecule has 0 fully saturated rings. The Balaban J connectivity index is 1.91. The van der Waals surface area contributed by atoms with Crippen molar-refractivity contribution in [1.29, 1.82) is 0 Å². The fraction of sp³-hybridized carbons (Fsp3) is 0.350. The molecule has 2 rings (SSSR count). The highest BCUT2D eigenvalue weighted by Gasteiger charge is 2.18. The van der Waals surface area contributed by atoms with Crippen LogP contribution in [0.3, 0.4) is 0 Å². The lowest BCUT2D eigenvalue weighted by molar-refractivity contribution is -0.122. The van der Waals surface area contributed by atoms with Crippen molar-refractivity contribution >= 4 is 5.91 Å². The minimum absolute atomic E-state index is 0.0615. The quantitative estimate of drug-likeness (QED) is 0.773. The first-order chi connectivity index (χ1) is 12.0. The van der Waals surface area contributed by atoms with E-state index in [2.05, 4.69) is 11.4 Å². The van der Waals surface area contributed by atoms with Crippen molar-refractivity contribution in [1.82, 2.24) is 10.2 Å². The van der Waals surface area contributed by atoms with Crippen LogP contribution in [0, 0.1) is 6.92 Å². The predicted molar refractivity (Wildman–Crippen MR) is 98.5 cm³/mol. The summed E-state index contributed by atoms with van der Waals surface area (Å²) in [5, 5.41) is 12.6. The zero-order chi connectivity index (χ0) is 18.2. The standard InChI is InChI=1S/C20H26N2O3/c1-15-5-4-6-16(11-15)12-21-20(24)13-22(2)19(14-23)17-7-9-18(25-3)10-8-17/h4-11,19,23H,12-14H2,1-3H3,(H,21,24). The van der Waals surface area contributed by atoms with E-state index in [-0.39, 0.29) is 25.1 Å².